The first-order valence-electron chi connectivity index (χ1n) is 10.6. The number of carbonyl (C=O) groups excluding carboxylic acids is 1. The first-order chi connectivity index (χ1) is 15.1. The Morgan fingerprint density at radius 1 is 1.19 bits per heavy atom. The monoisotopic (exact) mass is 445 g/mol. The van der Waals surface area contributed by atoms with E-state index in [1.807, 2.05) is 20.0 Å². The van der Waals surface area contributed by atoms with Crippen molar-refractivity contribution in [2.24, 2.45) is 13.0 Å². The molecular weight excluding hydrogens is 419 g/mol. The summed E-state index contributed by atoms with van der Waals surface area (Å²) < 4.78 is 40.8. The molecule has 3 aromatic rings. The summed E-state index contributed by atoms with van der Waals surface area (Å²) in [5, 5.41) is 4.99. The highest BCUT2D eigenvalue weighted by molar-refractivity contribution is 5.92. The summed E-state index contributed by atoms with van der Waals surface area (Å²) in [5.41, 5.74) is 1.93. The fourth-order valence-corrected chi connectivity index (χ4v) is 4.27. The van der Waals surface area contributed by atoms with Crippen molar-refractivity contribution in [3.63, 3.8) is 0 Å². The molecular formula is C23H26F3N5O. The average Bonchev–Trinajstić information content (AvgIpc) is 3.10. The summed E-state index contributed by atoms with van der Waals surface area (Å²) in [4.78, 5) is 20.7. The van der Waals surface area contributed by atoms with Crippen molar-refractivity contribution in [1.82, 2.24) is 19.7 Å². The largest absolute Gasteiger partial charge is 0.416 e. The Balaban J connectivity index is 1.41. The van der Waals surface area contributed by atoms with Gasteiger partial charge in [0.25, 0.3) is 5.91 Å². The number of fused-ring (bicyclic) bond motifs is 1. The lowest BCUT2D eigenvalue weighted by molar-refractivity contribution is -0.137. The van der Waals surface area contributed by atoms with E-state index in [2.05, 4.69) is 15.0 Å². The second-order valence-corrected chi connectivity index (χ2v) is 8.47. The zero-order chi connectivity index (χ0) is 23.0. The molecule has 32 heavy (non-hydrogen) atoms. The third-order valence-electron chi connectivity index (χ3n) is 6.21. The first kappa shape index (κ1) is 22.1. The van der Waals surface area contributed by atoms with Gasteiger partial charge in [0, 0.05) is 56.7 Å². The third kappa shape index (κ3) is 4.42. The second kappa shape index (κ2) is 8.44. The van der Waals surface area contributed by atoms with E-state index >= 15 is 0 Å². The number of nitrogens with zero attached hydrogens (tertiary/aromatic N) is 5. The number of amides is 1. The predicted molar refractivity (Wildman–Crippen MR) is 117 cm³/mol. The van der Waals surface area contributed by atoms with Crippen molar-refractivity contribution < 1.29 is 18.0 Å². The van der Waals surface area contributed by atoms with Crippen LogP contribution >= 0.6 is 0 Å². The van der Waals surface area contributed by atoms with Gasteiger partial charge in [0.2, 0.25) is 0 Å². The van der Waals surface area contributed by atoms with Crippen LogP contribution in [0.1, 0.15) is 34.6 Å². The number of benzene rings is 1. The fraction of sp³-hybridized carbons (Fsp3) is 0.435. The topological polar surface area (TPSA) is 54.3 Å². The number of anilines is 1. The quantitative estimate of drug-likeness (QED) is 0.602. The van der Waals surface area contributed by atoms with Crippen molar-refractivity contribution in [3.05, 3.63) is 53.5 Å². The van der Waals surface area contributed by atoms with E-state index in [1.54, 1.807) is 28.9 Å². The van der Waals surface area contributed by atoms with E-state index < -0.39 is 11.7 Å². The van der Waals surface area contributed by atoms with Crippen LogP contribution in [0, 0.1) is 12.8 Å². The molecule has 9 heteroatoms. The van der Waals surface area contributed by atoms with Gasteiger partial charge in [-0.2, -0.15) is 18.3 Å². The summed E-state index contributed by atoms with van der Waals surface area (Å²) in [6.45, 7) is 4.10. The number of halogens is 3. The minimum absolute atomic E-state index is 0.0864. The molecule has 1 fully saturated rings. The van der Waals surface area contributed by atoms with Crippen molar-refractivity contribution in [2.45, 2.75) is 25.9 Å². The third-order valence-corrected chi connectivity index (χ3v) is 6.21. The molecule has 0 bridgehead atoms. The van der Waals surface area contributed by atoms with Gasteiger partial charge in [0.05, 0.1) is 11.1 Å². The number of rotatable bonds is 4. The number of pyridine rings is 1. The van der Waals surface area contributed by atoms with Crippen LogP contribution in [0.4, 0.5) is 18.9 Å². The van der Waals surface area contributed by atoms with Crippen LogP contribution in [-0.4, -0.2) is 52.3 Å². The number of hydrogen-bond donors (Lipinski definition) is 0. The van der Waals surface area contributed by atoms with Gasteiger partial charge in [0.15, 0.2) is 5.69 Å². The molecule has 6 nitrogen and oxygen atoms in total. The Labute approximate surface area is 184 Å². The second-order valence-electron chi connectivity index (χ2n) is 8.47. The van der Waals surface area contributed by atoms with Gasteiger partial charge < -0.3 is 9.80 Å². The molecule has 1 aromatic carbocycles. The molecule has 0 unspecified atom stereocenters. The van der Waals surface area contributed by atoms with Crippen LogP contribution in [0.15, 0.2) is 36.5 Å². The molecule has 1 aliphatic rings. The Hall–Kier alpha value is -3.10. The zero-order valence-electron chi connectivity index (χ0n) is 18.4. The van der Waals surface area contributed by atoms with Gasteiger partial charge in [0.1, 0.15) is 0 Å². The number of carbonyl (C=O) groups is 1. The maximum Gasteiger partial charge on any atom is 0.416 e. The number of alkyl halides is 3. The Morgan fingerprint density at radius 2 is 1.91 bits per heavy atom. The standard InChI is InChI=1S/C23H26F3N5O/c1-15-12-20(28-30(15)3)22(32)29(2)14-16-7-10-31(11-8-16)21-6-9-27-19-13-17(23(24,25)26)4-5-18(19)21/h4-6,9,12-13,16H,7-8,10-11,14H2,1-3H3. The van der Waals surface area contributed by atoms with E-state index in [0.717, 1.165) is 54.8 Å². The maximum absolute atomic E-state index is 13.0. The van der Waals surface area contributed by atoms with Crippen LogP contribution in [0.25, 0.3) is 10.9 Å². The van der Waals surface area contributed by atoms with Crippen LogP contribution in [-0.2, 0) is 13.2 Å². The average molecular weight is 445 g/mol. The molecule has 1 aliphatic heterocycles. The first-order valence-corrected chi connectivity index (χ1v) is 10.6. The smallest absolute Gasteiger partial charge is 0.371 e. The SMILES string of the molecule is Cc1cc(C(=O)N(C)CC2CCN(c3ccnc4cc(C(F)(F)F)ccc34)CC2)nn1C. The van der Waals surface area contributed by atoms with Crippen LogP contribution in [0.2, 0.25) is 0 Å². The number of aryl methyl sites for hydroxylation is 2. The van der Waals surface area contributed by atoms with Crippen molar-refractivity contribution in [1.29, 1.82) is 0 Å². The molecule has 170 valence electrons. The van der Waals surface area contributed by atoms with E-state index in [4.69, 9.17) is 0 Å². The van der Waals surface area contributed by atoms with Crippen LogP contribution < -0.4 is 4.90 Å². The molecule has 2 aromatic heterocycles. The molecule has 0 spiro atoms. The molecule has 4 rings (SSSR count). The minimum Gasteiger partial charge on any atom is -0.371 e. The molecule has 0 atom stereocenters. The predicted octanol–water partition coefficient (Wildman–Crippen LogP) is 4.28. The summed E-state index contributed by atoms with van der Waals surface area (Å²) in [6.07, 6.45) is -1.04. The van der Waals surface area contributed by atoms with Crippen LogP contribution in [0.3, 0.4) is 0 Å². The highest BCUT2D eigenvalue weighted by Gasteiger charge is 2.31. The van der Waals surface area contributed by atoms with E-state index in [-0.39, 0.29) is 5.91 Å². The number of hydrogen-bond acceptors (Lipinski definition) is 4. The molecule has 1 amide bonds. The van der Waals surface area contributed by atoms with E-state index in [0.29, 0.717) is 23.7 Å². The molecule has 0 aliphatic carbocycles. The number of aromatic nitrogens is 3. The molecule has 0 saturated carbocycles. The Morgan fingerprint density at radius 3 is 2.53 bits per heavy atom. The summed E-state index contributed by atoms with van der Waals surface area (Å²) in [6, 6.07) is 7.37. The molecule has 0 N–H and O–H groups in total. The maximum atomic E-state index is 13.0. The molecule has 0 radical (unpaired) electrons. The van der Waals surface area contributed by atoms with Crippen molar-refractivity contribution in [3.8, 4) is 0 Å². The van der Waals surface area contributed by atoms with Gasteiger partial charge in [-0.25, -0.2) is 0 Å². The Kier molecular flexibility index (Phi) is 5.83. The van der Waals surface area contributed by atoms with Crippen molar-refractivity contribution >= 4 is 22.5 Å². The van der Waals surface area contributed by atoms with Crippen LogP contribution in [0.5, 0.6) is 0 Å². The zero-order valence-corrected chi connectivity index (χ0v) is 18.4. The normalized spacial score (nSPS) is 15.4. The lowest BCUT2D eigenvalue weighted by Crippen LogP contribution is -2.39. The van der Waals surface area contributed by atoms with E-state index in [9.17, 15) is 18.0 Å². The van der Waals surface area contributed by atoms with Gasteiger partial charge in [-0.1, -0.05) is 6.07 Å². The van der Waals surface area contributed by atoms with Crippen molar-refractivity contribution in [2.75, 3.05) is 31.6 Å². The lowest BCUT2D eigenvalue weighted by atomic mass is 9.95. The highest BCUT2D eigenvalue weighted by Crippen LogP contribution is 2.34. The lowest BCUT2D eigenvalue weighted by Gasteiger charge is -2.35. The summed E-state index contributed by atoms with van der Waals surface area (Å²) in [7, 11) is 3.61. The fourth-order valence-electron chi connectivity index (χ4n) is 4.27. The summed E-state index contributed by atoms with van der Waals surface area (Å²) in [5.74, 6) is 0.270. The van der Waals surface area contributed by atoms with E-state index in [1.165, 1.54) is 6.07 Å². The van der Waals surface area contributed by atoms with Gasteiger partial charge in [-0.05, 0) is 49.9 Å². The van der Waals surface area contributed by atoms with Gasteiger partial charge in [-0.15, -0.1) is 0 Å². The molecule has 3 heterocycles. The highest BCUT2D eigenvalue weighted by atomic mass is 19.4. The minimum atomic E-state index is -4.39. The van der Waals surface area contributed by atoms with Gasteiger partial charge in [-0.3, -0.25) is 14.5 Å². The van der Waals surface area contributed by atoms with Gasteiger partial charge >= 0.3 is 6.18 Å². The molecule has 1 saturated heterocycles. The summed E-state index contributed by atoms with van der Waals surface area (Å²) >= 11 is 0. The number of piperidine rings is 1. The Bertz CT molecular complexity index is 1110.